The van der Waals surface area contributed by atoms with Gasteiger partial charge in [-0.15, -0.1) is 0 Å². The molecule has 0 aromatic heterocycles. The molecule has 0 fully saturated rings. The van der Waals surface area contributed by atoms with Gasteiger partial charge in [-0.3, -0.25) is 4.79 Å². The Labute approximate surface area is 96.1 Å². The number of hydrogen-bond acceptors (Lipinski definition) is 3. The second-order valence-electron chi connectivity index (χ2n) is 3.26. The van der Waals surface area contributed by atoms with Crippen molar-refractivity contribution < 1.29 is 27.4 Å². The van der Waals surface area contributed by atoms with Crippen LogP contribution in [-0.4, -0.2) is 32.3 Å². The van der Waals surface area contributed by atoms with Gasteiger partial charge in [0, 0.05) is 5.56 Å². The van der Waals surface area contributed by atoms with E-state index in [0.29, 0.717) is 5.75 Å². The Balaban J connectivity index is 2.52. The first-order valence-electron chi connectivity index (χ1n) is 4.74. The maximum absolute atomic E-state index is 11.8. The smallest absolute Gasteiger partial charge is 0.411 e. The third-order valence-electron chi connectivity index (χ3n) is 1.89. The summed E-state index contributed by atoms with van der Waals surface area (Å²) in [5.41, 5.74) is 0.256. The summed E-state index contributed by atoms with van der Waals surface area (Å²) in [6.07, 6.45) is -4.42. The third kappa shape index (κ3) is 4.86. The lowest BCUT2D eigenvalue weighted by molar-refractivity contribution is -0.170. The molecule has 94 valence electrons. The topological polar surface area (TPSA) is 35.5 Å². The summed E-state index contributed by atoms with van der Waals surface area (Å²) in [6.45, 7) is -2.03. The third-order valence-corrected chi connectivity index (χ3v) is 1.89. The van der Waals surface area contributed by atoms with Crippen molar-refractivity contribution in [3.63, 3.8) is 0 Å². The van der Waals surface area contributed by atoms with E-state index in [2.05, 4.69) is 4.74 Å². The van der Waals surface area contributed by atoms with Crippen molar-refractivity contribution in [3.05, 3.63) is 29.8 Å². The van der Waals surface area contributed by atoms with Gasteiger partial charge in [0.05, 0.1) is 7.11 Å². The minimum Gasteiger partial charge on any atom is -0.497 e. The summed E-state index contributed by atoms with van der Waals surface area (Å²) in [4.78, 5) is 11.5. The van der Waals surface area contributed by atoms with Crippen molar-refractivity contribution in [2.75, 3.05) is 20.3 Å². The number of ether oxygens (including phenoxy) is 2. The van der Waals surface area contributed by atoms with Crippen molar-refractivity contribution in [3.8, 4) is 5.75 Å². The van der Waals surface area contributed by atoms with Crippen LogP contribution in [0.3, 0.4) is 0 Å². The summed E-state index contributed by atoms with van der Waals surface area (Å²) >= 11 is 0. The van der Waals surface area contributed by atoms with E-state index >= 15 is 0 Å². The van der Waals surface area contributed by atoms with Gasteiger partial charge in [0.2, 0.25) is 0 Å². The lowest BCUT2D eigenvalue weighted by Gasteiger charge is -2.07. The summed E-state index contributed by atoms with van der Waals surface area (Å²) < 4.78 is 44.5. The molecule has 1 aromatic rings. The summed E-state index contributed by atoms with van der Waals surface area (Å²) in [5.74, 6) is -0.0557. The van der Waals surface area contributed by atoms with Gasteiger partial charge in [0.15, 0.2) is 5.78 Å². The highest BCUT2D eigenvalue weighted by atomic mass is 19.4. The highest BCUT2D eigenvalue weighted by Crippen LogP contribution is 2.16. The van der Waals surface area contributed by atoms with Crippen LogP contribution in [0.5, 0.6) is 5.75 Å². The van der Waals surface area contributed by atoms with Crippen molar-refractivity contribution in [1.29, 1.82) is 0 Å². The van der Waals surface area contributed by atoms with E-state index in [-0.39, 0.29) is 5.56 Å². The fourth-order valence-corrected chi connectivity index (χ4v) is 1.14. The van der Waals surface area contributed by atoms with E-state index in [1.54, 1.807) is 12.1 Å². The molecule has 0 saturated carbocycles. The molecule has 0 amide bonds. The molecule has 0 saturated heterocycles. The molecule has 6 heteroatoms. The van der Waals surface area contributed by atoms with E-state index in [0.717, 1.165) is 0 Å². The Morgan fingerprint density at radius 1 is 1.35 bits per heavy atom. The molecule has 0 atom stereocenters. The maximum Gasteiger partial charge on any atom is 0.411 e. The second-order valence-corrected chi connectivity index (χ2v) is 3.26. The van der Waals surface area contributed by atoms with Gasteiger partial charge in [-0.25, -0.2) is 0 Å². The van der Waals surface area contributed by atoms with Crippen LogP contribution in [0.15, 0.2) is 24.3 Å². The molecule has 0 N–H and O–H groups in total. The van der Waals surface area contributed by atoms with Crippen LogP contribution in [0, 0.1) is 0 Å². The number of carbonyl (C=O) groups is 1. The molecule has 3 nitrogen and oxygen atoms in total. The van der Waals surface area contributed by atoms with Crippen LogP contribution >= 0.6 is 0 Å². The molecule has 0 bridgehead atoms. The van der Waals surface area contributed by atoms with E-state index in [1.165, 1.54) is 19.2 Å². The number of ketones is 1. The molecule has 0 unspecified atom stereocenters. The van der Waals surface area contributed by atoms with Gasteiger partial charge in [0.25, 0.3) is 0 Å². The molecule has 0 spiro atoms. The highest BCUT2D eigenvalue weighted by Gasteiger charge is 2.27. The molecule has 0 heterocycles. The Kier molecular flexibility index (Phi) is 4.51. The number of hydrogen-bond donors (Lipinski definition) is 0. The number of benzene rings is 1. The van der Waals surface area contributed by atoms with Gasteiger partial charge >= 0.3 is 6.18 Å². The van der Waals surface area contributed by atoms with E-state index in [9.17, 15) is 18.0 Å². The fourth-order valence-electron chi connectivity index (χ4n) is 1.14. The number of alkyl halides is 3. The summed E-state index contributed by atoms with van der Waals surface area (Å²) in [6, 6.07) is 6.14. The fraction of sp³-hybridized carbons (Fsp3) is 0.364. The van der Waals surface area contributed by atoms with Gasteiger partial charge in [-0.1, -0.05) is 12.1 Å². The highest BCUT2D eigenvalue weighted by molar-refractivity contribution is 5.97. The average Bonchev–Trinajstić information content (AvgIpc) is 2.27. The van der Waals surface area contributed by atoms with Crippen LogP contribution in [0.1, 0.15) is 10.4 Å². The van der Waals surface area contributed by atoms with Crippen LogP contribution in [0.2, 0.25) is 0 Å². The van der Waals surface area contributed by atoms with E-state index < -0.39 is 25.2 Å². The van der Waals surface area contributed by atoms with Gasteiger partial charge in [-0.05, 0) is 12.1 Å². The van der Waals surface area contributed by atoms with Crippen molar-refractivity contribution in [2.24, 2.45) is 0 Å². The largest absolute Gasteiger partial charge is 0.497 e. The molecule has 0 aliphatic heterocycles. The maximum atomic E-state index is 11.8. The van der Waals surface area contributed by atoms with Crippen LogP contribution < -0.4 is 4.74 Å². The molecule has 0 radical (unpaired) electrons. The number of rotatable bonds is 5. The molecule has 0 aliphatic rings. The molecular formula is C11H11F3O3. The minimum atomic E-state index is -4.42. The van der Waals surface area contributed by atoms with E-state index in [4.69, 9.17) is 4.74 Å². The molecule has 1 aromatic carbocycles. The number of halogens is 3. The van der Waals surface area contributed by atoms with Crippen molar-refractivity contribution in [2.45, 2.75) is 6.18 Å². The van der Waals surface area contributed by atoms with Gasteiger partial charge < -0.3 is 9.47 Å². The standard InChI is InChI=1S/C11H11F3O3/c1-16-9-4-2-3-8(5-9)10(15)6-17-7-11(12,13)14/h2-5H,6-7H2,1H3. The lowest BCUT2D eigenvalue weighted by atomic mass is 10.1. The van der Waals surface area contributed by atoms with Crippen LogP contribution in [0.25, 0.3) is 0 Å². The molecule has 17 heavy (non-hydrogen) atoms. The van der Waals surface area contributed by atoms with Gasteiger partial charge in [-0.2, -0.15) is 13.2 Å². The second kappa shape index (κ2) is 5.67. The molecular weight excluding hydrogens is 237 g/mol. The molecule has 1 rings (SSSR count). The predicted octanol–water partition coefficient (Wildman–Crippen LogP) is 2.46. The quantitative estimate of drug-likeness (QED) is 0.751. The zero-order valence-electron chi connectivity index (χ0n) is 9.08. The Bertz CT molecular complexity index is 388. The lowest BCUT2D eigenvalue weighted by Crippen LogP contribution is -2.20. The summed E-state index contributed by atoms with van der Waals surface area (Å²) in [5, 5.41) is 0. The Morgan fingerprint density at radius 3 is 2.65 bits per heavy atom. The first kappa shape index (κ1) is 13.5. The monoisotopic (exact) mass is 248 g/mol. The zero-order valence-corrected chi connectivity index (χ0v) is 9.08. The van der Waals surface area contributed by atoms with Crippen LogP contribution in [0.4, 0.5) is 13.2 Å². The number of Topliss-reactive ketones (excluding diaryl/α,β-unsaturated/α-hetero) is 1. The number of methoxy groups -OCH3 is 1. The average molecular weight is 248 g/mol. The zero-order chi connectivity index (χ0) is 12.9. The first-order valence-corrected chi connectivity index (χ1v) is 4.74. The SMILES string of the molecule is COc1cccc(C(=O)COCC(F)(F)F)c1. The first-order chi connectivity index (χ1) is 7.92. The van der Waals surface area contributed by atoms with E-state index in [1.807, 2.05) is 0 Å². The van der Waals surface area contributed by atoms with Crippen LogP contribution in [-0.2, 0) is 4.74 Å². The number of carbonyl (C=O) groups excluding carboxylic acids is 1. The predicted molar refractivity (Wildman–Crippen MR) is 54.2 cm³/mol. The van der Waals surface area contributed by atoms with Gasteiger partial charge in [0.1, 0.15) is 19.0 Å². The minimum absolute atomic E-state index is 0.256. The molecule has 0 aliphatic carbocycles. The summed E-state index contributed by atoms with van der Waals surface area (Å²) in [7, 11) is 1.43. The normalized spacial score (nSPS) is 11.3. The Morgan fingerprint density at radius 2 is 2.06 bits per heavy atom. The Hall–Kier alpha value is -1.56. The van der Waals surface area contributed by atoms with Crippen molar-refractivity contribution in [1.82, 2.24) is 0 Å². The van der Waals surface area contributed by atoms with Crippen molar-refractivity contribution >= 4 is 5.78 Å².